The van der Waals surface area contributed by atoms with Crippen LogP contribution in [0.1, 0.15) is 46.1 Å². The van der Waals surface area contributed by atoms with Gasteiger partial charge < -0.3 is 9.84 Å². The van der Waals surface area contributed by atoms with Crippen LogP contribution in [-0.2, 0) is 5.41 Å². The maximum Gasteiger partial charge on any atom is 0.123 e. The SMILES string of the molecule is CCCC(C)(C)c1ccccc1OC(C)CO. The monoisotopic (exact) mass is 236 g/mol. The summed E-state index contributed by atoms with van der Waals surface area (Å²) in [5.74, 6) is 0.896. The molecule has 0 aliphatic rings. The van der Waals surface area contributed by atoms with Crippen LogP contribution in [0.2, 0.25) is 0 Å². The van der Waals surface area contributed by atoms with E-state index in [-0.39, 0.29) is 18.1 Å². The molecule has 0 bridgehead atoms. The van der Waals surface area contributed by atoms with Crippen molar-refractivity contribution in [2.75, 3.05) is 6.61 Å². The lowest BCUT2D eigenvalue weighted by Gasteiger charge is -2.28. The van der Waals surface area contributed by atoms with Gasteiger partial charge in [-0.2, -0.15) is 0 Å². The van der Waals surface area contributed by atoms with Crippen molar-refractivity contribution in [1.82, 2.24) is 0 Å². The van der Waals surface area contributed by atoms with E-state index in [1.165, 1.54) is 5.56 Å². The Kier molecular flexibility index (Phi) is 5.01. The first-order valence-corrected chi connectivity index (χ1v) is 6.38. The Morgan fingerprint density at radius 2 is 1.94 bits per heavy atom. The standard InChI is InChI=1S/C15H24O2/c1-5-10-15(3,4)13-8-6-7-9-14(13)17-12(2)11-16/h6-9,12,16H,5,10-11H2,1-4H3. The van der Waals surface area contributed by atoms with Gasteiger partial charge in [0.15, 0.2) is 0 Å². The number of benzene rings is 1. The summed E-state index contributed by atoms with van der Waals surface area (Å²) in [6.45, 7) is 8.60. The third-order valence-corrected chi connectivity index (χ3v) is 3.08. The highest BCUT2D eigenvalue weighted by molar-refractivity contribution is 5.38. The Morgan fingerprint density at radius 3 is 2.53 bits per heavy atom. The summed E-state index contributed by atoms with van der Waals surface area (Å²) in [6, 6.07) is 8.13. The van der Waals surface area contributed by atoms with Crippen LogP contribution in [0.3, 0.4) is 0 Å². The first-order valence-electron chi connectivity index (χ1n) is 6.38. The number of rotatable bonds is 6. The molecule has 17 heavy (non-hydrogen) atoms. The van der Waals surface area contributed by atoms with Gasteiger partial charge in [0.05, 0.1) is 6.61 Å². The van der Waals surface area contributed by atoms with Crippen LogP contribution in [0, 0.1) is 0 Å². The lowest BCUT2D eigenvalue weighted by Crippen LogP contribution is -2.22. The fourth-order valence-electron chi connectivity index (χ4n) is 2.14. The van der Waals surface area contributed by atoms with Gasteiger partial charge in [0.25, 0.3) is 0 Å². The summed E-state index contributed by atoms with van der Waals surface area (Å²) in [4.78, 5) is 0. The molecule has 0 saturated heterocycles. The normalized spacial score (nSPS) is 13.5. The van der Waals surface area contributed by atoms with Crippen LogP contribution in [0.4, 0.5) is 0 Å². The van der Waals surface area contributed by atoms with E-state index in [0.29, 0.717) is 0 Å². The Balaban J connectivity index is 2.98. The van der Waals surface area contributed by atoms with E-state index in [1.54, 1.807) is 0 Å². The molecule has 0 fully saturated rings. The summed E-state index contributed by atoms with van der Waals surface area (Å²) in [7, 11) is 0. The summed E-state index contributed by atoms with van der Waals surface area (Å²) in [5.41, 5.74) is 1.34. The third kappa shape index (κ3) is 3.74. The second-order valence-electron chi connectivity index (χ2n) is 5.24. The van der Waals surface area contributed by atoms with Gasteiger partial charge in [-0.15, -0.1) is 0 Å². The highest BCUT2D eigenvalue weighted by Gasteiger charge is 2.23. The molecule has 0 spiro atoms. The highest BCUT2D eigenvalue weighted by atomic mass is 16.5. The Labute approximate surface area is 105 Å². The van der Waals surface area contributed by atoms with E-state index in [1.807, 2.05) is 25.1 Å². The number of aliphatic hydroxyl groups is 1. The molecule has 0 heterocycles. The zero-order valence-corrected chi connectivity index (χ0v) is 11.4. The minimum Gasteiger partial charge on any atom is -0.488 e. The van der Waals surface area contributed by atoms with Crippen molar-refractivity contribution in [3.8, 4) is 5.75 Å². The maximum atomic E-state index is 9.07. The quantitative estimate of drug-likeness (QED) is 0.819. The van der Waals surface area contributed by atoms with Crippen molar-refractivity contribution in [2.45, 2.75) is 52.1 Å². The van der Waals surface area contributed by atoms with E-state index in [2.05, 4.69) is 26.8 Å². The van der Waals surface area contributed by atoms with Gasteiger partial charge in [0, 0.05) is 0 Å². The molecule has 0 aliphatic heterocycles. The molecule has 1 atom stereocenters. The van der Waals surface area contributed by atoms with Crippen molar-refractivity contribution in [3.63, 3.8) is 0 Å². The van der Waals surface area contributed by atoms with Crippen LogP contribution < -0.4 is 4.74 Å². The molecule has 2 nitrogen and oxygen atoms in total. The van der Waals surface area contributed by atoms with E-state index >= 15 is 0 Å². The fourth-order valence-corrected chi connectivity index (χ4v) is 2.14. The summed E-state index contributed by atoms with van der Waals surface area (Å²) in [5, 5.41) is 9.07. The second kappa shape index (κ2) is 6.06. The van der Waals surface area contributed by atoms with Crippen molar-refractivity contribution in [1.29, 1.82) is 0 Å². The molecule has 1 N–H and O–H groups in total. The number of aliphatic hydroxyl groups excluding tert-OH is 1. The molecule has 0 saturated carbocycles. The number of para-hydroxylation sites is 1. The van der Waals surface area contributed by atoms with Gasteiger partial charge in [-0.25, -0.2) is 0 Å². The van der Waals surface area contributed by atoms with E-state index in [0.717, 1.165) is 18.6 Å². The second-order valence-corrected chi connectivity index (χ2v) is 5.24. The molecular formula is C15H24O2. The van der Waals surface area contributed by atoms with Gasteiger partial charge in [-0.05, 0) is 30.4 Å². The molecule has 1 unspecified atom stereocenters. The largest absolute Gasteiger partial charge is 0.488 e. The smallest absolute Gasteiger partial charge is 0.123 e. The molecular weight excluding hydrogens is 212 g/mol. The first kappa shape index (κ1) is 14.0. The highest BCUT2D eigenvalue weighted by Crippen LogP contribution is 2.35. The van der Waals surface area contributed by atoms with Crippen LogP contribution in [0.25, 0.3) is 0 Å². The number of ether oxygens (including phenoxy) is 1. The summed E-state index contributed by atoms with van der Waals surface area (Å²) < 4.78 is 5.78. The summed E-state index contributed by atoms with van der Waals surface area (Å²) in [6.07, 6.45) is 2.12. The predicted molar refractivity (Wildman–Crippen MR) is 71.6 cm³/mol. The van der Waals surface area contributed by atoms with Crippen LogP contribution >= 0.6 is 0 Å². The molecule has 0 aliphatic carbocycles. The molecule has 2 heteroatoms. The Morgan fingerprint density at radius 1 is 1.29 bits per heavy atom. The zero-order valence-electron chi connectivity index (χ0n) is 11.4. The number of hydrogen-bond donors (Lipinski definition) is 1. The first-order chi connectivity index (χ1) is 8.01. The maximum absolute atomic E-state index is 9.07. The van der Waals surface area contributed by atoms with Crippen molar-refractivity contribution >= 4 is 0 Å². The lowest BCUT2D eigenvalue weighted by atomic mass is 9.80. The third-order valence-electron chi connectivity index (χ3n) is 3.08. The number of hydrogen-bond acceptors (Lipinski definition) is 2. The molecule has 1 aromatic rings. The fraction of sp³-hybridized carbons (Fsp3) is 0.600. The lowest BCUT2D eigenvalue weighted by molar-refractivity contribution is 0.127. The molecule has 1 aromatic carbocycles. The van der Waals surface area contributed by atoms with Crippen LogP contribution in [0.5, 0.6) is 5.75 Å². The van der Waals surface area contributed by atoms with Crippen molar-refractivity contribution < 1.29 is 9.84 Å². The molecule has 96 valence electrons. The molecule has 1 rings (SSSR count). The molecule has 0 aromatic heterocycles. The van der Waals surface area contributed by atoms with E-state index in [4.69, 9.17) is 9.84 Å². The molecule has 0 radical (unpaired) electrons. The van der Waals surface area contributed by atoms with Crippen LogP contribution in [-0.4, -0.2) is 17.8 Å². The predicted octanol–water partition coefficient (Wildman–Crippen LogP) is 3.52. The van der Waals surface area contributed by atoms with Gasteiger partial charge in [0.1, 0.15) is 11.9 Å². The average molecular weight is 236 g/mol. The Bertz CT molecular complexity index is 345. The summed E-state index contributed by atoms with van der Waals surface area (Å²) >= 11 is 0. The van der Waals surface area contributed by atoms with Gasteiger partial charge >= 0.3 is 0 Å². The van der Waals surface area contributed by atoms with E-state index in [9.17, 15) is 0 Å². The minimum atomic E-state index is -0.159. The minimum absolute atomic E-state index is 0.0442. The van der Waals surface area contributed by atoms with Gasteiger partial charge in [-0.1, -0.05) is 45.4 Å². The van der Waals surface area contributed by atoms with Crippen LogP contribution in [0.15, 0.2) is 24.3 Å². The zero-order chi connectivity index (χ0) is 12.9. The topological polar surface area (TPSA) is 29.5 Å². The van der Waals surface area contributed by atoms with Gasteiger partial charge in [-0.3, -0.25) is 0 Å². The van der Waals surface area contributed by atoms with Crippen molar-refractivity contribution in [2.24, 2.45) is 0 Å². The average Bonchev–Trinajstić information content (AvgIpc) is 2.29. The van der Waals surface area contributed by atoms with Crippen molar-refractivity contribution in [3.05, 3.63) is 29.8 Å². The van der Waals surface area contributed by atoms with E-state index < -0.39 is 0 Å². The Hall–Kier alpha value is -1.02. The molecule has 0 amide bonds. The van der Waals surface area contributed by atoms with Gasteiger partial charge in [0.2, 0.25) is 0 Å².